The lowest BCUT2D eigenvalue weighted by molar-refractivity contribution is 0.0169. The van der Waals surface area contributed by atoms with E-state index in [1.807, 2.05) is 54.6 Å². The Morgan fingerprint density at radius 1 is 0.944 bits per heavy atom. The predicted molar refractivity (Wildman–Crippen MR) is 70.8 cm³/mol. The number of para-hydroxylation sites is 1. The molecule has 0 saturated heterocycles. The molecule has 1 heterocycles. The van der Waals surface area contributed by atoms with Crippen LogP contribution in [0.25, 0.3) is 0 Å². The summed E-state index contributed by atoms with van der Waals surface area (Å²) in [5.41, 5.74) is 1.80. The molecule has 0 aromatic heterocycles. The van der Waals surface area contributed by atoms with Gasteiger partial charge in [0.25, 0.3) is 0 Å². The van der Waals surface area contributed by atoms with Gasteiger partial charge in [-0.2, -0.15) is 0 Å². The Morgan fingerprint density at radius 3 is 2.39 bits per heavy atom. The number of benzene rings is 2. The van der Waals surface area contributed by atoms with Gasteiger partial charge < -0.3 is 9.84 Å². The molecule has 2 radical (unpaired) electrons. The minimum absolute atomic E-state index is 0.406. The molecular weight excluding hydrogens is 223 g/mol. The summed E-state index contributed by atoms with van der Waals surface area (Å²) in [7, 11) is 6.09. The molecule has 3 rings (SSSR count). The highest BCUT2D eigenvalue weighted by atomic mass is 16.5. The molecule has 0 amide bonds. The fraction of sp³-hybridized carbons (Fsp3) is 0.200. The van der Waals surface area contributed by atoms with Crippen LogP contribution in [-0.2, 0) is 0 Å². The van der Waals surface area contributed by atoms with Crippen LogP contribution in [0.3, 0.4) is 0 Å². The lowest BCUT2D eigenvalue weighted by Gasteiger charge is -2.35. The van der Waals surface area contributed by atoms with Crippen LogP contribution in [0.1, 0.15) is 23.0 Å². The summed E-state index contributed by atoms with van der Waals surface area (Å²) < 4.78 is 5.87. The van der Waals surface area contributed by atoms with Crippen LogP contribution < -0.4 is 4.74 Å². The molecule has 3 heteroatoms. The monoisotopic (exact) mass is 236 g/mol. The molecule has 3 atom stereocenters. The maximum Gasteiger partial charge on any atom is 0.149 e. The fourth-order valence-corrected chi connectivity index (χ4v) is 2.35. The van der Waals surface area contributed by atoms with E-state index < -0.39 is 18.0 Å². The topological polar surface area (TPSA) is 29.5 Å². The van der Waals surface area contributed by atoms with Crippen molar-refractivity contribution in [2.24, 2.45) is 0 Å². The van der Waals surface area contributed by atoms with E-state index in [1.165, 1.54) is 0 Å². The third-order valence-corrected chi connectivity index (χ3v) is 3.34. The highest BCUT2D eigenvalue weighted by molar-refractivity contribution is 6.13. The summed E-state index contributed by atoms with van der Waals surface area (Å²) in [5, 5.41) is 10.3. The Kier molecular flexibility index (Phi) is 2.84. The summed E-state index contributed by atoms with van der Waals surface area (Å²) in [4.78, 5) is 0. The van der Waals surface area contributed by atoms with Crippen molar-refractivity contribution in [3.05, 3.63) is 65.7 Å². The van der Waals surface area contributed by atoms with Crippen LogP contribution in [0.2, 0.25) is 0 Å². The molecule has 88 valence electrons. The number of hydrogen-bond acceptors (Lipinski definition) is 2. The van der Waals surface area contributed by atoms with Gasteiger partial charge in [0.15, 0.2) is 0 Å². The number of fused-ring (bicyclic) bond motifs is 1. The van der Waals surface area contributed by atoms with Gasteiger partial charge in [-0.05, 0) is 23.0 Å². The second kappa shape index (κ2) is 4.50. The smallest absolute Gasteiger partial charge is 0.149 e. The predicted octanol–water partition coefficient (Wildman–Crippen LogP) is 2.39. The highest BCUT2D eigenvalue weighted by Crippen LogP contribution is 2.40. The Balaban J connectivity index is 2.01. The largest absolute Gasteiger partial charge is 0.483 e. The molecule has 2 aromatic rings. The van der Waals surface area contributed by atoms with Gasteiger partial charge in [-0.15, -0.1) is 0 Å². The molecule has 0 fully saturated rings. The van der Waals surface area contributed by atoms with Crippen LogP contribution in [-0.4, -0.2) is 19.1 Å². The van der Waals surface area contributed by atoms with Gasteiger partial charge in [0, 0.05) is 0 Å². The van der Waals surface area contributed by atoms with Crippen molar-refractivity contribution in [1.29, 1.82) is 0 Å². The molecule has 0 unspecified atom stereocenters. The molecule has 1 aliphatic heterocycles. The van der Waals surface area contributed by atoms with Gasteiger partial charge in [0.1, 0.15) is 11.9 Å². The summed E-state index contributed by atoms with van der Waals surface area (Å²) in [6, 6.07) is 17.3. The lowest BCUT2D eigenvalue weighted by Crippen LogP contribution is -2.34. The van der Waals surface area contributed by atoms with Gasteiger partial charge in [-0.3, -0.25) is 0 Å². The number of aliphatic hydroxyl groups is 1. The van der Waals surface area contributed by atoms with Gasteiger partial charge in [0.05, 0.1) is 14.0 Å². The van der Waals surface area contributed by atoms with Crippen molar-refractivity contribution >= 4 is 7.85 Å². The second-order valence-electron chi connectivity index (χ2n) is 4.50. The van der Waals surface area contributed by atoms with Crippen LogP contribution >= 0.6 is 0 Å². The van der Waals surface area contributed by atoms with Gasteiger partial charge >= 0.3 is 0 Å². The van der Waals surface area contributed by atoms with Crippen molar-refractivity contribution < 1.29 is 9.84 Å². The van der Waals surface area contributed by atoms with Crippen molar-refractivity contribution in [2.45, 2.75) is 18.0 Å². The third-order valence-electron chi connectivity index (χ3n) is 3.34. The van der Waals surface area contributed by atoms with Gasteiger partial charge in [-0.25, -0.2) is 0 Å². The molecule has 18 heavy (non-hydrogen) atoms. The molecule has 0 spiro atoms. The van der Waals surface area contributed by atoms with Crippen LogP contribution in [0.4, 0.5) is 0 Å². The number of hydrogen-bond donors (Lipinski definition) is 1. The van der Waals surface area contributed by atoms with E-state index in [-0.39, 0.29) is 0 Å². The minimum atomic E-state index is -0.734. The average molecular weight is 236 g/mol. The first kappa shape index (κ1) is 11.4. The molecule has 0 aliphatic carbocycles. The van der Waals surface area contributed by atoms with E-state index in [0.717, 1.165) is 16.9 Å². The molecule has 0 saturated carbocycles. The summed E-state index contributed by atoms with van der Waals surface area (Å²) >= 11 is 0. The zero-order chi connectivity index (χ0) is 12.5. The number of rotatable bonds is 1. The first-order valence-electron chi connectivity index (χ1n) is 6.01. The lowest BCUT2D eigenvalue weighted by atomic mass is 9.72. The van der Waals surface area contributed by atoms with E-state index >= 15 is 0 Å². The molecule has 2 nitrogen and oxygen atoms in total. The standard InChI is InChI=1S/C15H13BO2/c16-13-11-8-4-5-9-12(11)18-15(14(13)17)10-6-2-1-3-7-10/h1-9,13-15,17H/t13-,14-,15+/m0/s1. The molecule has 1 aliphatic rings. The van der Waals surface area contributed by atoms with E-state index in [1.54, 1.807) is 0 Å². The molecule has 2 aromatic carbocycles. The first-order chi connectivity index (χ1) is 8.77. The van der Waals surface area contributed by atoms with E-state index in [4.69, 9.17) is 12.6 Å². The number of aliphatic hydroxyl groups excluding tert-OH is 1. The van der Waals surface area contributed by atoms with Crippen molar-refractivity contribution in [3.8, 4) is 5.75 Å². The number of ether oxygens (including phenoxy) is 1. The zero-order valence-electron chi connectivity index (χ0n) is 9.86. The Labute approximate surface area is 108 Å². The fourth-order valence-electron chi connectivity index (χ4n) is 2.35. The van der Waals surface area contributed by atoms with E-state index in [2.05, 4.69) is 0 Å². The third kappa shape index (κ3) is 1.81. The first-order valence-corrected chi connectivity index (χ1v) is 6.01. The normalized spacial score (nSPS) is 26.2. The second-order valence-corrected chi connectivity index (χ2v) is 4.50. The maximum atomic E-state index is 10.3. The van der Waals surface area contributed by atoms with E-state index in [0.29, 0.717) is 0 Å². The zero-order valence-corrected chi connectivity index (χ0v) is 9.86. The quantitative estimate of drug-likeness (QED) is 0.770. The van der Waals surface area contributed by atoms with Gasteiger partial charge in [-0.1, -0.05) is 48.5 Å². The molecular formula is C15H13BO2. The molecule has 0 bridgehead atoms. The Bertz CT molecular complexity index is 541. The minimum Gasteiger partial charge on any atom is -0.483 e. The summed E-state index contributed by atoms with van der Waals surface area (Å²) in [5.74, 6) is 0.337. The van der Waals surface area contributed by atoms with Crippen LogP contribution in [0.5, 0.6) is 5.75 Å². The average Bonchev–Trinajstić information content (AvgIpc) is 2.44. The van der Waals surface area contributed by atoms with Crippen LogP contribution in [0, 0.1) is 0 Å². The van der Waals surface area contributed by atoms with Crippen molar-refractivity contribution in [3.63, 3.8) is 0 Å². The van der Waals surface area contributed by atoms with Crippen molar-refractivity contribution in [2.75, 3.05) is 0 Å². The van der Waals surface area contributed by atoms with E-state index in [9.17, 15) is 5.11 Å². The SMILES string of the molecule is [B][C@H]1c2ccccc2O[C@H](c2ccccc2)[C@H]1O. The van der Waals surface area contributed by atoms with Gasteiger partial charge in [0.2, 0.25) is 0 Å². The maximum absolute atomic E-state index is 10.3. The summed E-state index contributed by atoms with van der Waals surface area (Å²) in [6.07, 6.45) is -1.14. The Hall–Kier alpha value is -1.74. The van der Waals surface area contributed by atoms with Crippen LogP contribution in [0.15, 0.2) is 54.6 Å². The Morgan fingerprint density at radius 2 is 1.61 bits per heavy atom. The highest BCUT2D eigenvalue weighted by Gasteiger charge is 2.34. The molecule has 1 N–H and O–H groups in total. The summed E-state index contributed by atoms with van der Waals surface area (Å²) in [6.45, 7) is 0. The van der Waals surface area contributed by atoms with Crippen molar-refractivity contribution in [1.82, 2.24) is 0 Å².